The van der Waals surface area contributed by atoms with Crippen molar-refractivity contribution in [1.29, 1.82) is 0 Å². The molecule has 0 unspecified atom stereocenters. The molecule has 0 saturated carbocycles. The van der Waals surface area contributed by atoms with Gasteiger partial charge in [0.05, 0.1) is 13.2 Å². The summed E-state index contributed by atoms with van der Waals surface area (Å²) in [6, 6.07) is 0. The van der Waals surface area contributed by atoms with E-state index in [1.807, 2.05) is 20.8 Å². The SMILES string of the molecule is COCc1nc(C(=O)OCC(C)(C)C)cs1. The third-order valence-electron chi connectivity index (χ3n) is 1.66. The smallest absolute Gasteiger partial charge is 0.357 e. The van der Waals surface area contributed by atoms with E-state index in [1.54, 1.807) is 12.5 Å². The molecule has 0 saturated heterocycles. The molecule has 1 aromatic rings. The van der Waals surface area contributed by atoms with E-state index in [4.69, 9.17) is 9.47 Å². The minimum Gasteiger partial charge on any atom is -0.460 e. The molecule has 0 aromatic carbocycles. The molecular formula is C11H17NO3S. The van der Waals surface area contributed by atoms with Gasteiger partial charge in [-0.15, -0.1) is 11.3 Å². The van der Waals surface area contributed by atoms with Gasteiger partial charge in [-0.25, -0.2) is 9.78 Å². The zero-order valence-electron chi connectivity index (χ0n) is 10.1. The van der Waals surface area contributed by atoms with Gasteiger partial charge in [-0.1, -0.05) is 20.8 Å². The van der Waals surface area contributed by atoms with Gasteiger partial charge in [0.2, 0.25) is 0 Å². The van der Waals surface area contributed by atoms with Crippen molar-refractivity contribution < 1.29 is 14.3 Å². The van der Waals surface area contributed by atoms with Crippen molar-refractivity contribution in [1.82, 2.24) is 4.98 Å². The van der Waals surface area contributed by atoms with E-state index < -0.39 is 0 Å². The maximum atomic E-state index is 11.6. The Bertz CT molecular complexity index is 354. The molecule has 4 nitrogen and oxygen atoms in total. The standard InChI is InChI=1S/C11H17NO3S/c1-11(2,3)7-15-10(13)8-6-16-9(12-8)5-14-4/h6H,5,7H2,1-4H3. The van der Waals surface area contributed by atoms with E-state index in [1.165, 1.54) is 11.3 Å². The summed E-state index contributed by atoms with van der Waals surface area (Å²) in [5.74, 6) is -0.367. The Morgan fingerprint density at radius 1 is 1.50 bits per heavy atom. The summed E-state index contributed by atoms with van der Waals surface area (Å²) in [4.78, 5) is 15.7. The molecule has 0 N–H and O–H groups in total. The van der Waals surface area contributed by atoms with Crippen LogP contribution in [0.3, 0.4) is 0 Å². The second-order valence-corrected chi connectivity index (χ2v) is 5.64. The summed E-state index contributed by atoms with van der Waals surface area (Å²) in [5.41, 5.74) is 0.336. The zero-order valence-corrected chi connectivity index (χ0v) is 10.9. The van der Waals surface area contributed by atoms with Gasteiger partial charge in [0.25, 0.3) is 0 Å². The highest BCUT2D eigenvalue weighted by molar-refractivity contribution is 7.09. The third-order valence-corrected chi connectivity index (χ3v) is 2.49. The van der Waals surface area contributed by atoms with Gasteiger partial charge >= 0.3 is 5.97 Å². The van der Waals surface area contributed by atoms with Crippen LogP contribution in [0.1, 0.15) is 36.3 Å². The van der Waals surface area contributed by atoms with Crippen LogP contribution < -0.4 is 0 Å². The lowest BCUT2D eigenvalue weighted by Crippen LogP contribution is -2.18. The summed E-state index contributed by atoms with van der Waals surface area (Å²) >= 11 is 1.40. The second kappa shape index (κ2) is 5.41. The highest BCUT2D eigenvalue weighted by Crippen LogP contribution is 2.16. The molecule has 0 aliphatic heterocycles. The molecule has 0 amide bonds. The molecule has 0 aliphatic rings. The van der Waals surface area contributed by atoms with Gasteiger partial charge in [0.1, 0.15) is 5.01 Å². The molecule has 5 heteroatoms. The fraction of sp³-hybridized carbons (Fsp3) is 0.636. The van der Waals surface area contributed by atoms with Gasteiger partial charge in [0, 0.05) is 12.5 Å². The largest absolute Gasteiger partial charge is 0.460 e. The number of carbonyl (C=O) groups excluding carboxylic acids is 1. The first-order valence-corrected chi connectivity index (χ1v) is 5.91. The molecule has 0 fully saturated rings. The van der Waals surface area contributed by atoms with E-state index in [2.05, 4.69) is 4.98 Å². The predicted octanol–water partition coefficient (Wildman–Crippen LogP) is 2.49. The van der Waals surface area contributed by atoms with E-state index in [9.17, 15) is 4.79 Å². The lowest BCUT2D eigenvalue weighted by Gasteiger charge is -2.17. The molecule has 0 radical (unpaired) electrons. The summed E-state index contributed by atoms with van der Waals surface area (Å²) in [5, 5.41) is 2.48. The molecular weight excluding hydrogens is 226 g/mol. The molecule has 0 bridgehead atoms. The molecule has 16 heavy (non-hydrogen) atoms. The topological polar surface area (TPSA) is 48.4 Å². The number of carbonyl (C=O) groups is 1. The van der Waals surface area contributed by atoms with E-state index in [0.717, 1.165) is 5.01 Å². The van der Waals surface area contributed by atoms with Crippen LogP contribution in [-0.2, 0) is 16.1 Å². The fourth-order valence-corrected chi connectivity index (χ4v) is 1.68. The minimum absolute atomic E-state index is 0.0267. The van der Waals surface area contributed by atoms with Crippen LogP contribution in [0, 0.1) is 5.41 Å². The van der Waals surface area contributed by atoms with Crippen molar-refractivity contribution in [2.75, 3.05) is 13.7 Å². The maximum absolute atomic E-state index is 11.6. The highest BCUT2D eigenvalue weighted by Gasteiger charge is 2.17. The van der Waals surface area contributed by atoms with Crippen LogP contribution in [0.5, 0.6) is 0 Å². The van der Waals surface area contributed by atoms with E-state index >= 15 is 0 Å². The number of ether oxygens (including phenoxy) is 2. The van der Waals surface area contributed by atoms with E-state index in [0.29, 0.717) is 18.9 Å². The Morgan fingerprint density at radius 3 is 2.75 bits per heavy atom. The summed E-state index contributed by atoms with van der Waals surface area (Å²) < 4.78 is 10.1. The Labute approximate surface area is 99.6 Å². The Morgan fingerprint density at radius 2 is 2.19 bits per heavy atom. The number of aromatic nitrogens is 1. The van der Waals surface area contributed by atoms with Crippen LogP contribution in [-0.4, -0.2) is 24.7 Å². The first kappa shape index (κ1) is 13.1. The van der Waals surface area contributed by atoms with Crippen LogP contribution in [0.2, 0.25) is 0 Å². The van der Waals surface area contributed by atoms with Crippen molar-refractivity contribution in [2.45, 2.75) is 27.4 Å². The van der Waals surface area contributed by atoms with Gasteiger partial charge in [0.15, 0.2) is 5.69 Å². The average molecular weight is 243 g/mol. The first-order valence-electron chi connectivity index (χ1n) is 5.03. The number of hydrogen-bond donors (Lipinski definition) is 0. The van der Waals surface area contributed by atoms with Crippen molar-refractivity contribution in [3.63, 3.8) is 0 Å². The number of rotatable bonds is 4. The van der Waals surface area contributed by atoms with Crippen molar-refractivity contribution in [3.05, 3.63) is 16.1 Å². The Balaban J connectivity index is 2.53. The second-order valence-electron chi connectivity index (χ2n) is 4.70. The average Bonchev–Trinajstić information content (AvgIpc) is 2.62. The van der Waals surface area contributed by atoms with Gasteiger partial charge in [-0.3, -0.25) is 0 Å². The van der Waals surface area contributed by atoms with Gasteiger partial charge < -0.3 is 9.47 Å². The lowest BCUT2D eigenvalue weighted by molar-refractivity contribution is 0.0360. The number of esters is 1. The maximum Gasteiger partial charge on any atom is 0.357 e. The molecule has 0 atom stereocenters. The normalized spacial score (nSPS) is 11.5. The molecule has 1 heterocycles. The van der Waals surface area contributed by atoms with E-state index in [-0.39, 0.29) is 11.4 Å². The third kappa shape index (κ3) is 4.28. The van der Waals surface area contributed by atoms with Gasteiger partial charge in [-0.05, 0) is 5.41 Å². The number of nitrogens with zero attached hydrogens (tertiary/aromatic N) is 1. The van der Waals surface area contributed by atoms with Crippen LogP contribution in [0.4, 0.5) is 0 Å². The molecule has 0 spiro atoms. The molecule has 0 aliphatic carbocycles. The Hall–Kier alpha value is -0.940. The zero-order chi connectivity index (χ0) is 12.2. The number of hydrogen-bond acceptors (Lipinski definition) is 5. The van der Waals surface area contributed by atoms with Crippen LogP contribution >= 0.6 is 11.3 Å². The highest BCUT2D eigenvalue weighted by atomic mass is 32.1. The molecule has 1 rings (SSSR count). The monoisotopic (exact) mass is 243 g/mol. The Kier molecular flexibility index (Phi) is 4.44. The summed E-state index contributed by atoms with van der Waals surface area (Å²) in [6.45, 7) is 6.85. The van der Waals surface area contributed by atoms with Crippen LogP contribution in [0.15, 0.2) is 5.38 Å². The summed E-state index contributed by atoms with van der Waals surface area (Å²) in [7, 11) is 1.60. The van der Waals surface area contributed by atoms with Crippen molar-refractivity contribution >= 4 is 17.3 Å². The number of methoxy groups -OCH3 is 1. The fourth-order valence-electron chi connectivity index (χ4n) is 0.950. The quantitative estimate of drug-likeness (QED) is 0.762. The minimum atomic E-state index is -0.367. The molecule has 90 valence electrons. The van der Waals surface area contributed by atoms with Crippen LogP contribution in [0.25, 0.3) is 0 Å². The van der Waals surface area contributed by atoms with Crippen molar-refractivity contribution in [3.8, 4) is 0 Å². The van der Waals surface area contributed by atoms with Crippen molar-refractivity contribution in [2.24, 2.45) is 5.41 Å². The first-order chi connectivity index (χ1) is 7.42. The number of thiazole rings is 1. The molecule has 1 aromatic heterocycles. The lowest BCUT2D eigenvalue weighted by atomic mass is 9.99. The predicted molar refractivity (Wildman–Crippen MR) is 62.6 cm³/mol. The summed E-state index contributed by atoms with van der Waals surface area (Å²) in [6.07, 6.45) is 0. The van der Waals surface area contributed by atoms with Gasteiger partial charge in [-0.2, -0.15) is 0 Å².